The molecule has 1 aliphatic heterocycles. The number of alkyl halides is 6. The summed E-state index contributed by atoms with van der Waals surface area (Å²) in [6.07, 6.45) is -8.70. The first kappa shape index (κ1) is 20.8. The van der Waals surface area contributed by atoms with E-state index in [0.29, 0.717) is 0 Å². The Hall–Kier alpha value is -2.46. The lowest BCUT2D eigenvalue weighted by atomic mass is 9.96. The van der Waals surface area contributed by atoms with Crippen LogP contribution in [0.3, 0.4) is 0 Å². The van der Waals surface area contributed by atoms with Gasteiger partial charge in [0, 0.05) is 24.7 Å². The topological polar surface area (TPSA) is 61.4 Å². The van der Waals surface area contributed by atoms with Crippen LogP contribution >= 0.6 is 0 Å². The van der Waals surface area contributed by atoms with Crippen molar-refractivity contribution in [2.45, 2.75) is 25.2 Å². The van der Waals surface area contributed by atoms with Crippen LogP contribution in [0.4, 0.5) is 36.8 Å². The third-order valence-corrected chi connectivity index (χ3v) is 4.06. The number of anilines is 1. The van der Waals surface area contributed by atoms with Gasteiger partial charge in [-0.2, -0.15) is 26.3 Å². The summed E-state index contributed by atoms with van der Waals surface area (Å²) in [5, 5.41) is 4.16. The Balaban J connectivity index is 1.86. The first-order valence-corrected chi connectivity index (χ1v) is 8.03. The Morgan fingerprint density at radius 3 is 2.26 bits per heavy atom. The third-order valence-electron chi connectivity index (χ3n) is 4.06. The van der Waals surface area contributed by atoms with Crippen LogP contribution in [0.25, 0.3) is 0 Å². The Morgan fingerprint density at radius 1 is 1.07 bits per heavy atom. The average Bonchev–Trinajstić information content (AvgIpc) is 2.58. The molecule has 1 aromatic carbocycles. The average molecular weight is 397 g/mol. The molecular formula is C16H17F6N3O2. The van der Waals surface area contributed by atoms with E-state index in [9.17, 15) is 35.9 Å². The number of likely N-dealkylation sites (tertiary alicyclic amines) is 1. The van der Waals surface area contributed by atoms with Gasteiger partial charge < -0.3 is 15.5 Å². The molecular weight excluding hydrogens is 380 g/mol. The van der Waals surface area contributed by atoms with Gasteiger partial charge in [-0.25, -0.2) is 4.79 Å². The van der Waals surface area contributed by atoms with E-state index in [1.807, 2.05) is 5.32 Å². The van der Waals surface area contributed by atoms with E-state index in [-0.39, 0.29) is 31.6 Å². The summed E-state index contributed by atoms with van der Waals surface area (Å²) in [5.74, 6) is -1.38. The van der Waals surface area contributed by atoms with Gasteiger partial charge >= 0.3 is 18.4 Å². The van der Waals surface area contributed by atoms with Gasteiger partial charge in [-0.15, -0.1) is 0 Å². The number of urea groups is 1. The lowest BCUT2D eigenvalue weighted by Crippen LogP contribution is -2.45. The highest BCUT2D eigenvalue weighted by Gasteiger charge is 2.32. The molecule has 2 N–H and O–H groups in total. The summed E-state index contributed by atoms with van der Waals surface area (Å²) in [4.78, 5) is 25.2. The second-order valence-electron chi connectivity index (χ2n) is 6.10. The molecule has 150 valence electrons. The number of amides is 3. The minimum Gasteiger partial charge on any atom is -0.347 e. The zero-order valence-electron chi connectivity index (χ0n) is 14.0. The van der Waals surface area contributed by atoms with Crippen LogP contribution in [-0.4, -0.2) is 42.6 Å². The Kier molecular flexibility index (Phi) is 6.22. The summed E-state index contributed by atoms with van der Waals surface area (Å²) < 4.78 is 74.4. The van der Waals surface area contributed by atoms with E-state index in [1.54, 1.807) is 0 Å². The SMILES string of the molecule is O=C(NCC(F)(F)F)C1CCN(C(=O)Nc2cccc(C(F)(F)F)c2)CC1. The van der Waals surface area contributed by atoms with Crippen LogP contribution in [0.15, 0.2) is 24.3 Å². The van der Waals surface area contributed by atoms with Gasteiger partial charge in [0.25, 0.3) is 0 Å². The van der Waals surface area contributed by atoms with Crippen molar-refractivity contribution in [1.82, 2.24) is 10.2 Å². The fourth-order valence-electron chi connectivity index (χ4n) is 2.65. The lowest BCUT2D eigenvalue weighted by molar-refractivity contribution is -0.141. The number of carbonyl (C=O) groups is 2. The van der Waals surface area contributed by atoms with Crippen LogP contribution in [0, 0.1) is 5.92 Å². The van der Waals surface area contributed by atoms with Crippen LogP contribution in [0.2, 0.25) is 0 Å². The predicted molar refractivity (Wildman–Crippen MR) is 83.8 cm³/mol. The third kappa shape index (κ3) is 6.33. The number of piperidine rings is 1. The molecule has 27 heavy (non-hydrogen) atoms. The number of carbonyl (C=O) groups excluding carboxylic acids is 2. The quantitative estimate of drug-likeness (QED) is 0.766. The van der Waals surface area contributed by atoms with Crippen molar-refractivity contribution in [3.8, 4) is 0 Å². The van der Waals surface area contributed by atoms with Gasteiger partial charge in [0.2, 0.25) is 5.91 Å². The van der Waals surface area contributed by atoms with Crippen molar-refractivity contribution in [3.05, 3.63) is 29.8 Å². The molecule has 5 nitrogen and oxygen atoms in total. The highest BCUT2D eigenvalue weighted by Crippen LogP contribution is 2.30. The van der Waals surface area contributed by atoms with E-state index < -0.39 is 42.3 Å². The summed E-state index contributed by atoms with van der Waals surface area (Å²) >= 11 is 0. The first-order valence-electron chi connectivity index (χ1n) is 8.03. The lowest BCUT2D eigenvalue weighted by Gasteiger charge is -2.31. The fourth-order valence-corrected chi connectivity index (χ4v) is 2.65. The minimum absolute atomic E-state index is 0.0279. The molecule has 0 spiro atoms. The number of halogens is 6. The summed E-state index contributed by atoms with van der Waals surface area (Å²) in [5.41, 5.74) is -0.930. The molecule has 1 aromatic rings. The highest BCUT2D eigenvalue weighted by molar-refractivity contribution is 5.89. The van der Waals surface area contributed by atoms with Gasteiger partial charge in [-0.3, -0.25) is 4.79 Å². The number of nitrogens with zero attached hydrogens (tertiary/aromatic N) is 1. The maximum Gasteiger partial charge on any atom is 0.416 e. The van der Waals surface area contributed by atoms with Crippen LogP contribution in [0.5, 0.6) is 0 Å². The van der Waals surface area contributed by atoms with E-state index in [4.69, 9.17) is 0 Å². The molecule has 3 amide bonds. The summed E-state index contributed by atoms with van der Waals surface area (Å²) in [6, 6.07) is 3.51. The largest absolute Gasteiger partial charge is 0.416 e. The zero-order chi connectivity index (χ0) is 20.2. The number of hydrogen-bond acceptors (Lipinski definition) is 2. The molecule has 0 aliphatic carbocycles. The monoisotopic (exact) mass is 397 g/mol. The highest BCUT2D eigenvalue weighted by atomic mass is 19.4. The van der Waals surface area contributed by atoms with Crippen LogP contribution in [0.1, 0.15) is 18.4 Å². The van der Waals surface area contributed by atoms with Crippen molar-refractivity contribution in [3.63, 3.8) is 0 Å². The van der Waals surface area contributed by atoms with Crippen LogP contribution < -0.4 is 10.6 Å². The van der Waals surface area contributed by atoms with E-state index in [0.717, 1.165) is 18.2 Å². The number of nitrogens with one attached hydrogen (secondary N) is 2. The molecule has 1 aliphatic rings. The zero-order valence-corrected chi connectivity index (χ0v) is 14.0. The van der Waals surface area contributed by atoms with E-state index in [2.05, 4.69) is 5.32 Å². The molecule has 0 atom stereocenters. The first-order chi connectivity index (χ1) is 12.5. The number of hydrogen-bond donors (Lipinski definition) is 2. The molecule has 0 radical (unpaired) electrons. The van der Waals surface area contributed by atoms with Crippen molar-refractivity contribution in [2.24, 2.45) is 5.92 Å². The number of rotatable bonds is 3. The molecule has 0 unspecified atom stereocenters. The van der Waals surface area contributed by atoms with Gasteiger partial charge in [0.1, 0.15) is 6.54 Å². The second-order valence-corrected chi connectivity index (χ2v) is 6.10. The Morgan fingerprint density at radius 2 is 1.70 bits per heavy atom. The summed E-state index contributed by atoms with van der Waals surface area (Å²) in [6.45, 7) is -1.20. The minimum atomic E-state index is -4.54. The van der Waals surface area contributed by atoms with Crippen molar-refractivity contribution in [2.75, 3.05) is 25.0 Å². The molecule has 11 heteroatoms. The molecule has 0 aromatic heterocycles. The van der Waals surface area contributed by atoms with Crippen molar-refractivity contribution >= 4 is 17.6 Å². The van der Waals surface area contributed by atoms with Gasteiger partial charge in [0.05, 0.1) is 5.56 Å². The maximum absolute atomic E-state index is 12.7. The maximum atomic E-state index is 12.7. The van der Waals surface area contributed by atoms with E-state index >= 15 is 0 Å². The molecule has 1 fully saturated rings. The van der Waals surface area contributed by atoms with Crippen LogP contribution in [-0.2, 0) is 11.0 Å². The molecule has 0 bridgehead atoms. The fraction of sp³-hybridized carbons (Fsp3) is 0.500. The predicted octanol–water partition coefficient (Wildman–Crippen LogP) is 3.63. The van der Waals surface area contributed by atoms with Crippen molar-refractivity contribution in [1.29, 1.82) is 0 Å². The smallest absolute Gasteiger partial charge is 0.347 e. The molecule has 1 heterocycles. The normalized spacial score (nSPS) is 16.1. The Labute approximate surface area is 150 Å². The van der Waals surface area contributed by atoms with Crippen molar-refractivity contribution < 1.29 is 35.9 Å². The van der Waals surface area contributed by atoms with Gasteiger partial charge in [-0.1, -0.05) is 6.07 Å². The molecule has 1 saturated heterocycles. The van der Waals surface area contributed by atoms with Gasteiger partial charge in [-0.05, 0) is 31.0 Å². The standard InChI is InChI=1S/C16H17F6N3O2/c17-15(18,19)9-23-13(26)10-4-6-25(7-5-10)14(27)24-12-3-1-2-11(8-12)16(20,21)22/h1-3,8,10H,4-7,9H2,(H,23,26)(H,24,27). The summed E-state index contributed by atoms with van der Waals surface area (Å²) in [7, 11) is 0. The molecule has 2 rings (SSSR count). The molecule has 0 saturated carbocycles. The number of benzene rings is 1. The second kappa shape index (κ2) is 8.05. The van der Waals surface area contributed by atoms with E-state index in [1.165, 1.54) is 11.0 Å². The Bertz CT molecular complexity index is 681. The van der Waals surface area contributed by atoms with Gasteiger partial charge in [0.15, 0.2) is 0 Å².